The molecule has 20 heavy (non-hydrogen) atoms. The summed E-state index contributed by atoms with van der Waals surface area (Å²) in [5, 5.41) is 3.76. The fraction of sp³-hybridized carbons (Fsp3) is 1.00. The van der Waals surface area contributed by atoms with Gasteiger partial charge in [0.15, 0.2) is 0 Å². The van der Waals surface area contributed by atoms with Gasteiger partial charge >= 0.3 is 0 Å². The van der Waals surface area contributed by atoms with E-state index in [9.17, 15) is 0 Å². The largest absolute Gasteiger partial charge is 0.314 e. The van der Waals surface area contributed by atoms with Crippen molar-refractivity contribution in [1.82, 2.24) is 5.32 Å². The summed E-state index contributed by atoms with van der Waals surface area (Å²) in [6.45, 7) is 5.88. The number of rotatable bonds is 13. The summed E-state index contributed by atoms with van der Waals surface area (Å²) in [5.41, 5.74) is 0. The van der Waals surface area contributed by atoms with Gasteiger partial charge in [0.2, 0.25) is 0 Å². The Balaban J connectivity index is 2.14. The predicted molar refractivity (Wildman–Crippen MR) is 91.3 cm³/mol. The fourth-order valence-corrected chi connectivity index (χ4v) is 3.68. The molecular formula is C19H39N. The van der Waals surface area contributed by atoms with E-state index in [0.717, 1.165) is 12.0 Å². The third-order valence-corrected chi connectivity index (χ3v) is 5.02. The van der Waals surface area contributed by atoms with Gasteiger partial charge in [-0.3, -0.25) is 0 Å². The Hall–Kier alpha value is -0.0400. The molecule has 1 aliphatic heterocycles. The van der Waals surface area contributed by atoms with Gasteiger partial charge in [0, 0.05) is 6.04 Å². The molecule has 1 heterocycles. The molecule has 0 spiro atoms. The first-order valence-electron chi connectivity index (χ1n) is 9.61. The molecule has 1 saturated heterocycles. The molecule has 1 N–H and O–H groups in total. The molecule has 1 nitrogen and oxygen atoms in total. The lowest BCUT2D eigenvalue weighted by Crippen LogP contribution is -2.30. The molecule has 120 valence electrons. The van der Waals surface area contributed by atoms with E-state index in [-0.39, 0.29) is 0 Å². The van der Waals surface area contributed by atoms with Crippen LogP contribution in [-0.4, -0.2) is 12.6 Å². The van der Waals surface area contributed by atoms with Gasteiger partial charge in [-0.1, -0.05) is 78.1 Å². The maximum absolute atomic E-state index is 3.76. The van der Waals surface area contributed by atoms with Crippen LogP contribution < -0.4 is 5.32 Å². The Bertz CT molecular complexity index is 182. The topological polar surface area (TPSA) is 12.0 Å². The highest BCUT2D eigenvalue weighted by Gasteiger charge is 2.23. The van der Waals surface area contributed by atoms with Crippen LogP contribution in [-0.2, 0) is 0 Å². The zero-order valence-electron chi connectivity index (χ0n) is 14.3. The Morgan fingerprint density at radius 1 is 0.800 bits per heavy atom. The Morgan fingerprint density at radius 3 is 1.80 bits per heavy atom. The second kappa shape index (κ2) is 12.7. The molecule has 1 atom stereocenters. The maximum atomic E-state index is 3.76. The van der Waals surface area contributed by atoms with Gasteiger partial charge in [-0.2, -0.15) is 0 Å². The second-order valence-corrected chi connectivity index (χ2v) is 6.87. The van der Waals surface area contributed by atoms with E-state index < -0.39 is 0 Å². The summed E-state index contributed by atoms with van der Waals surface area (Å²) in [6, 6.07) is 0.854. The van der Waals surface area contributed by atoms with Crippen LogP contribution in [0.25, 0.3) is 0 Å². The molecule has 1 rings (SSSR count). The minimum atomic E-state index is 0.854. The summed E-state index contributed by atoms with van der Waals surface area (Å²) in [7, 11) is 0. The highest BCUT2D eigenvalue weighted by Crippen LogP contribution is 2.26. The third kappa shape index (κ3) is 8.29. The first-order valence-corrected chi connectivity index (χ1v) is 9.61. The van der Waals surface area contributed by atoms with Crippen LogP contribution in [0, 0.1) is 5.92 Å². The van der Waals surface area contributed by atoms with Crippen molar-refractivity contribution < 1.29 is 0 Å². The summed E-state index contributed by atoms with van der Waals surface area (Å²) < 4.78 is 0. The van der Waals surface area contributed by atoms with Crippen molar-refractivity contribution in [1.29, 1.82) is 0 Å². The zero-order valence-corrected chi connectivity index (χ0v) is 14.3. The standard InChI is InChI=1S/C19H39N/c1-3-5-7-9-11-14-18(19-16-13-17-20-19)15-12-10-8-6-4-2/h18-20H,3-17H2,1-2H3/t19-/m0/s1. The van der Waals surface area contributed by atoms with Gasteiger partial charge < -0.3 is 5.32 Å². The van der Waals surface area contributed by atoms with E-state index in [1.807, 2.05) is 0 Å². The van der Waals surface area contributed by atoms with Crippen LogP contribution in [0.1, 0.15) is 104 Å². The lowest BCUT2D eigenvalue weighted by Gasteiger charge is -2.24. The molecule has 0 aromatic rings. The molecule has 1 fully saturated rings. The maximum Gasteiger partial charge on any atom is 0.00957 e. The molecule has 0 saturated carbocycles. The monoisotopic (exact) mass is 281 g/mol. The average Bonchev–Trinajstić information content (AvgIpc) is 2.98. The lowest BCUT2D eigenvalue weighted by atomic mass is 9.87. The van der Waals surface area contributed by atoms with Crippen LogP contribution in [0.3, 0.4) is 0 Å². The van der Waals surface area contributed by atoms with Gasteiger partial charge in [0.05, 0.1) is 0 Å². The van der Waals surface area contributed by atoms with Gasteiger partial charge in [-0.25, -0.2) is 0 Å². The molecule has 1 aliphatic rings. The van der Waals surface area contributed by atoms with Crippen molar-refractivity contribution in [2.24, 2.45) is 5.92 Å². The van der Waals surface area contributed by atoms with E-state index >= 15 is 0 Å². The highest BCUT2D eigenvalue weighted by molar-refractivity contribution is 4.81. The van der Waals surface area contributed by atoms with Gasteiger partial charge in [0.25, 0.3) is 0 Å². The van der Waals surface area contributed by atoms with Crippen molar-refractivity contribution in [3.8, 4) is 0 Å². The van der Waals surface area contributed by atoms with Crippen molar-refractivity contribution >= 4 is 0 Å². The van der Waals surface area contributed by atoms with Crippen LogP contribution >= 0.6 is 0 Å². The Kier molecular flexibility index (Phi) is 11.4. The normalized spacial score (nSPS) is 19.1. The molecule has 0 amide bonds. The van der Waals surface area contributed by atoms with Crippen molar-refractivity contribution in [3.63, 3.8) is 0 Å². The summed E-state index contributed by atoms with van der Waals surface area (Å²) >= 11 is 0. The van der Waals surface area contributed by atoms with Crippen LogP contribution in [0.2, 0.25) is 0 Å². The average molecular weight is 282 g/mol. The first kappa shape index (κ1) is 18.0. The zero-order chi connectivity index (χ0) is 14.5. The molecular weight excluding hydrogens is 242 g/mol. The minimum Gasteiger partial charge on any atom is -0.314 e. The fourth-order valence-electron chi connectivity index (χ4n) is 3.68. The van der Waals surface area contributed by atoms with Crippen LogP contribution in [0.15, 0.2) is 0 Å². The van der Waals surface area contributed by atoms with Gasteiger partial charge in [-0.05, 0) is 38.1 Å². The molecule has 0 radical (unpaired) electrons. The van der Waals surface area contributed by atoms with E-state index in [1.165, 1.54) is 96.4 Å². The minimum absolute atomic E-state index is 0.854. The van der Waals surface area contributed by atoms with Crippen molar-refractivity contribution in [2.45, 2.75) is 110 Å². The van der Waals surface area contributed by atoms with E-state index in [2.05, 4.69) is 19.2 Å². The molecule has 0 aromatic carbocycles. The van der Waals surface area contributed by atoms with Crippen molar-refractivity contribution in [2.75, 3.05) is 6.54 Å². The van der Waals surface area contributed by atoms with E-state index in [0.29, 0.717) is 0 Å². The Morgan fingerprint density at radius 2 is 1.35 bits per heavy atom. The quantitative estimate of drug-likeness (QED) is 0.404. The summed E-state index contributed by atoms with van der Waals surface area (Å²) in [6.07, 6.45) is 20.2. The number of unbranched alkanes of at least 4 members (excludes halogenated alkanes) is 8. The number of nitrogens with one attached hydrogen (secondary N) is 1. The molecule has 0 unspecified atom stereocenters. The third-order valence-electron chi connectivity index (χ3n) is 5.02. The molecule has 0 aromatic heterocycles. The number of hydrogen-bond donors (Lipinski definition) is 1. The van der Waals surface area contributed by atoms with E-state index in [1.54, 1.807) is 0 Å². The smallest absolute Gasteiger partial charge is 0.00957 e. The van der Waals surface area contributed by atoms with Gasteiger partial charge in [0.1, 0.15) is 0 Å². The summed E-state index contributed by atoms with van der Waals surface area (Å²) in [5.74, 6) is 0.973. The predicted octanol–water partition coefficient (Wildman–Crippen LogP) is 6.08. The summed E-state index contributed by atoms with van der Waals surface area (Å²) in [4.78, 5) is 0. The van der Waals surface area contributed by atoms with Crippen LogP contribution in [0.4, 0.5) is 0 Å². The lowest BCUT2D eigenvalue weighted by molar-refractivity contribution is 0.320. The molecule has 0 bridgehead atoms. The molecule has 1 heteroatoms. The Labute approximate surface area is 128 Å². The van der Waals surface area contributed by atoms with Crippen LogP contribution in [0.5, 0.6) is 0 Å². The highest BCUT2D eigenvalue weighted by atomic mass is 14.9. The SMILES string of the molecule is CCCCCCCC(CCCCCCC)[C@@H]1CCCN1. The second-order valence-electron chi connectivity index (χ2n) is 6.87. The molecule has 0 aliphatic carbocycles. The first-order chi connectivity index (χ1) is 9.88. The van der Waals surface area contributed by atoms with E-state index in [4.69, 9.17) is 0 Å². The number of hydrogen-bond acceptors (Lipinski definition) is 1. The van der Waals surface area contributed by atoms with Crippen molar-refractivity contribution in [3.05, 3.63) is 0 Å². The van der Waals surface area contributed by atoms with Gasteiger partial charge in [-0.15, -0.1) is 0 Å².